The van der Waals surface area contributed by atoms with Crippen LogP contribution in [-0.4, -0.2) is 29.5 Å². The second-order valence-electron chi connectivity index (χ2n) is 4.57. The van der Waals surface area contributed by atoms with E-state index in [1.807, 2.05) is 0 Å². The third kappa shape index (κ3) is 3.11. The van der Waals surface area contributed by atoms with Crippen LogP contribution in [0.25, 0.3) is 0 Å². The van der Waals surface area contributed by atoms with Crippen LogP contribution < -0.4 is 5.32 Å². The number of benzene rings is 1. The fourth-order valence-corrected chi connectivity index (χ4v) is 2.14. The van der Waals surface area contributed by atoms with E-state index in [0.29, 0.717) is 18.6 Å². The first kappa shape index (κ1) is 12.2. The number of nitrogens with one attached hydrogen (secondary N) is 1. The zero-order valence-electron chi connectivity index (χ0n) is 10.0. The first-order valence-electron chi connectivity index (χ1n) is 6.00. The Bertz CT molecular complexity index is 381. The molecule has 1 aliphatic heterocycles. The summed E-state index contributed by atoms with van der Waals surface area (Å²) in [4.78, 5) is 0. The van der Waals surface area contributed by atoms with Gasteiger partial charge in [0, 0.05) is 31.3 Å². The van der Waals surface area contributed by atoms with E-state index in [9.17, 15) is 10.2 Å². The van der Waals surface area contributed by atoms with Gasteiger partial charge in [0.2, 0.25) is 0 Å². The second-order valence-corrected chi connectivity index (χ2v) is 4.57. The zero-order chi connectivity index (χ0) is 12.3. The molecule has 0 radical (unpaired) electrons. The van der Waals surface area contributed by atoms with Crippen LogP contribution in [0.5, 0.6) is 11.5 Å². The highest BCUT2D eigenvalue weighted by atomic mass is 16.5. The van der Waals surface area contributed by atoms with Crippen molar-refractivity contribution in [3.63, 3.8) is 0 Å². The molecule has 1 aliphatic rings. The molecule has 0 spiro atoms. The van der Waals surface area contributed by atoms with E-state index in [1.165, 1.54) is 6.07 Å². The van der Waals surface area contributed by atoms with Gasteiger partial charge >= 0.3 is 0 Å². The van der Waals surface area contributed by atoms with Crippen LogP contribution >= 0.6 is 0 Å². The highest BCUT2D eigenvalue weighted by molar-refractivity contribution is 5.38. The van der Waals surface area contributed by atoms with Gasteiger partial charge in [-0.2, -0.15) is 0 Å². The Labute approximate surface area is 101 Å². The van der Waals surface area contributed by atoms with Crippen molar-refractivity contribution in [2.45, 2.75) is 26.0 Å². The molecule has 0 bridgehead atoms. The average Bonchev–Trinajstić information content (AvgIpc) is 2.68. The summed E-state index contributed by atoms with van der Waals surface area (Å²) in [6.45, 7) is 4.44. The topological polar surface area (TPSA) is 61.7 Å². The number of hydrogen-bond donors (Lipinski definition) is 3. The summed E-state index contributed by atoms with van der Waals surface area (Å²) in [7, 11) is 0. The summed E-state index contributed by atoms with van der Waals surface area (Å²) in [5, 5.41) is 22.1. The molecule has 1 saturated heterocycles. The number of hydrogen-bond acceptors (Lipinski definition) is 4. The number of ether oxygens (including phenoxy) is 1. The predicted molar refractivity (Wildman–Crippen MR) is 65.0 cm³/mol. The molecule has 2 rings (SSSR count). The van der Waals surface area contributed by atoms with E-state index >= 15 is 0 Å². The Balaban J connectivity index is 1.81. The van der Waals surface area contributed by atoms with Gasteiger partial charge in [0.05, 0.1) is 6.10 Å². The first-order valence-corrected chi connectivity index (χ1v) is 6.00. The number of rotatable bonds is 4. The molecular weight excluding hydrogens is 218 g/mol. The lowest BCUT2D eigenvalue weighted by atomic mass is 10.0. The minimum atomic E-state index is 0.0871. The van der Waals surface area contributed by atoms with E-state index < -0.39 is 0 Å². The van der Waals surface area contributed by atoms with E-state index in [1.54, 1.807) is 12.1 Å². The molecule has 0 aromatic heterocycles. The van der Waals surface area contributed by atoms with Gasteiger partial charge < -0.3 is 20.3 Å². The maximum absolute atomic E-state index is 9.61. The van der Waals surface area contributed by atoms with Crippen molar-refractivity contribution >= 4 is 0 Å². The molecule has 0 aliphatic carbocycles. The van der Waals surface area contributed by atoms with Crippen LogP contribution in [-0.2, 0) is 11.3 Å². The van der Waals surface area contributed by atoms with Crippen LogP contribution in [0.1, 0.15) is 18.9 Å². The highest BCUT2D eigenvalue weighted by Gasteiger charge is 2.23. The molecule has 0 amide bonds. The molecule has 3 N–H and O–H groups in total. The molecule has 94 valence electrons. The van der Waals surface area contributed by atoms with Gasteiger partial charge in [0.25, 0.3) is 0 Å². The highest BCUT2D eigenvalue weighted by Crippen LogP contribution is 2.23. The van der Waals surface area contributed by atoms with Crippen molar-refractivity contribution in [3.8, 4) is 11.5 Å². The third-order valence-electron chi connectivity index (χ3n) is 3.32. The zero-order valence-corrected chi connectivity index (χ0v) is 10.0. The Hall–Kier alpha value is -1.26. The number of phenolic OH excluding ortho intramolecular Hbond substituents is 2. The van der Waals surface area contributed by atoms with Gasteiger partial charge in [0.15, 0.2) is 0 Å². The van der Waals surface area contributed by atoms with Crippen molar-refractivity contribution in [1.82, 2.24) is 5.32 Å². The van der Waals surface area contributed by atoms with Gasteiger partial charge in [0.1, 0.15) is 11.5 Å². The van der Waals surface area contributed by atoms with Gasteiger partial charge in [-0.3, -0.25) is 0 Å². The monoisotopic (exact) mass is 237 g/mol. The van der Waals surface area contributed by atoms with Crippen LogP contribution in [0.2, 0.25) is 0 Å². The van der Waals surface area contributed by atoms with Crippen molar-refractivity contribution in [1.29, 1.82) is 0 Å². The molecule has 2 unspecified atom stereocenters. The van der Waals surface area contributed by atoms with E-state index in [-0.39, 0.29) is 11.5 Å². The molecule has 17 heavy (non-hydrogen) atoms. The molecule has 1 heterocycles. The van der Waals surface area contributed by atoms with Crippen LogP contribution in [0.3, 0.4) is 0 Å². The summed E-state index contributed by atoms with van der Waals surface area (Å²) in [6.07, 6.45) is 1.41. The van der Waals surface area contributed by atoms with Crippen LogP contribution in [0.4, 0.5) is 0 Å². The lowest BCUT2D eigenvalue weighted by Gasteiger charge is -2.15. The van der Waals surface area contributed by atoms with Gasteiger partial charge in [-0.25, -0.2) is 0 Å². The lowest BCUT2D eigenvalue weighted by Crippen LogP contribution is -2.26. The Kier molecular flexibility index (Phi) is 3.86. The number of phenols is 2. The maximum Gasteiger partial charge on any atom is 0.123 e. The summed E-state index contributed by atoms with van der Waals surface area (Å²) in [5.41, 5.74) is 0.800. The summed E-state index contributed by atoms with van der Waals surface area (Å²) < 4.78 is 5.49. The van der Waals surface area contributed by atoms with Crippen LogP contribution in [0, 0.1) is 5.92 Å². The lowest BCUT2D eigenvalue weighted by molar-refractivity contribution is 0.105. The van der Waals surface area contributed by atoms with E-state index in [4.69, 9.17) is 4.74 Å². The van der Waals surface area contributed by atoms with E-state index in [2.05, 4.69) is 12.2 Å². The fourth-order valence-electron chi connectivity index (χ4n) is 2.14. The summed E-state index contributed by atoms with van der Waals surface area (Å²) in [5.74, 6) is 0.770. The summed E-state index contributed by atoms with van der Waals surface area (Å²) >= 11 is 0. The fraction of sp³-hybridized carbons (Fsp3) is 0.538. The van der Waals surface area contributed by atoms with E-state index in [0.717, 1.165) is 25.1 Å². The Morgan fingerprint density at radius 3 is 2.88 bits per heavy atom. The largest absolute Gasteiger partial charge is 0.508 e. The van der Waals surface area contributed by atoms with Gasteiger partial charge in [-0.15, -0.1) is 0 Å². The van der Waals surface area contributed by atoms with Crippen molar-refractivity contribution < 1.29 is 14.9 Å². The van der Waals surface area contributed by atoms with Gasteiger partial charge in [-0.05, 0) is 25.3 Å². The second kappa shape index (κ2) is 5.38. The quantitative estimate of drug-likeness (QED) is 0.744. The van der Waals surface area contributed by atoms with Crippen molar-refractivity contribution in [2.75, 3.05) is 13.2 Å². The normalized spacial score (nSPS) is 24.1. The first-order chi connectivity index (χ1) is 8.16. The van der Waals surface area contributed by atoms with Crippen LogP contribution in [0.15, 0.2) is 18.2 Å². The standard InChI is InChI=1S/C13H19NO3/c1-9-10(4-5-17-9)7-14-8-11-2-3-12(15)6-13(11)16/h2-3,6,9-10,14-16H,4-5,7-8H2,1H3. The average molecular weight is 237 g/mol. The molecule has 4 nitrogen and oxygen atoms in total. The smallest absolute Gasteiger partial charge is 0.123 e. The Morgan fingerprint density at radius 1 is 1.41 bits per heavy atom. The maximum atomic E-state index is 9.61. The SMILES string of the molecule is CC1OCCC1CNCc1ccc(O)cc1O. The molecule has 1 aromatic carbocycles. The number of aromatic hydroxyl groups is 2. The van der Waals surface area contributed by atoms with Gasteiger partial charge in [-0.1, -0.05) is 6.07 Å². The molecular formula is C13H19NO3. The third-order valence-corrected chi connectivity index (χ3v) is 3.32. The minimum Gasteiger partial charge on any atom is -0.508 e. The molecule has 4 heteroatoms. The Morgan fingerprint density at radius 2 is 2.24 bits per heavy atom. The molecule has 2 atom stereocenters. The minimum absolute atomic E-state index is 0.0871. The summed E-state index contributed by atoms with van der Waals surface area (Å²) in [6, 6.07) is 4.67. The molecule has 1 fully saturated rings. The molecule has 0 saturated carbocycles. The predicted octanol–water partition coefficient (Wildman–Crippen LogP) is 1.61. The van der Waals surface area contributed by atoms with Crippen molar-refractivity contribution in [2.24, 2.45) is 5.92 Å². The molecule has 1 aromatic rings. The van der Waals surface area contributed by atoms with Crippen molar-refractivity contribution in [3.05, 3.63) is 23.8 Å².